The highest BCUT2D eigenvalue weighted by atomic mass is 16.3. The molecule has 5 heteroatoms. The van der Waals surface area contributed by atoms with E-state index < -0.39 is 5.54 Å². The zero-order valence-corrected chi connectivity index (χ0v) is 9.82. The molecule has 17 heavy (non-hydrogen) atoms. The third-order valence-electron chi connectivity index (χ3n) is 2.53. The van der Waals surface area contributed by atoms with Gasteiger partial charge in [-0.1, -0.05) is 0 Å². The van der Waals surface area contributed by atoms with Gasteiger partial charge in [0.1, 0.15) is 0 Å². The molecular formula is C12H15N3O2. The molecule has 0 spiro atoms. The zero-order chi connectivity index (χ0) is 12.5. The minimum Gasteiger partial charge on any atom is -0.394 e. The monoisotopic (exact) mass is 233 g/mol. The van der Waals surface area contributed by atoms with E-state index in [1.807, 2.05) is 0 Å². The number of rotatable bonds is 3. The van der Waals surface area contributed by atoms with E-state index >= 15 is 0 Å². The molecule has 1 aromatic carbocycles. The lowest BCUT2D eigenvalue weighted by Crippen LogP contribution is -2.46. The number of carbonyl (C=O) groups excluding carboxylic acids is 1. The molecule has 0 bridgehead atoms. The van der Waals surface area contributed by atoms with Crippen molar-refractivity contribution >= 4 is 16.9 Å². The third kappa shape index (κ3) is 2.45. The first-order valence-corrected chi connectivity index (χ1v) is 5.38. The van der Waals surface area contributed by atoms with E-state index in [0.29, 0.717) is 5.56 Å². The molecule has 0 fully saturated rings. The molecule has 1 aromatic heterocycles. The van der Waals surface area contributed by atoms with Crippen molar-refractivity contribution < 1.29 is 9.90 Å². The molecule has 0 saturated heterocycles. The molecule has 3 N–H and O–H groups in total. The van der Waals surface area contributed by atoms with Crippen LogP contribution >= 0.6 is 0 Å². The van der Waals surface area contributed by atoms with Crippen molar-refractivity contribution in [2.75, 3.05) is 6.61 Å². The van der Waals surface area contributed by atoms with Gasteiger partial charge in [-0.15, -0.1) is 0 Å². The first-order valence-electron chi connectivity index (χ1n) is 5.38. The Morgan fingerprint density at radius 2 is 2.29 bits per heavy atom. The van der Waals surface area contributed by atoms with Gasteiger partial charge in [0.25, 0.3) is 5.91 Å². The molecule has 1 heterocycles. The highest BCUT2D eigenvalue weighted by Crippen LogP contribution is 2.12. The first-order chi connectivity index (χ1) is 8.02. The first kappa shape index (κ1) is 11.6. The maximum Gasteiger partial charge on any atom is 0.251 e. The van der Waals surface area contributed by atoms with Gasteiger partial charge in [-0.05, 0) is 32.0 Å². The van der Waals surface area contributed by atoms with E-state index in [2.05, 4.69) is 15.3 Å². The second kappa shape index (κ2) is 4.18. The van der Waals surface area contributed by atoms with Gasteiger partial charge in [0, 0.05) is 5.56 Å². The number of amides is 1. The molecular weight excluding hydrogens is 218 g/mol. The Morgan fingerprint density at radius 3 is 3.00 bits per heavy atom. The molecule has 0 saturated carbocycles. The minimum absolute atomic E-state index is 0.106. The number of aliphatic hydroxyl groups is 1. The van der Waals surface area contributed by atoms with Crippen LogP contribution in [0, 0.1) is 0 Å². The number of aromatic amines is 1. The van der Waals surface area contributed by atoms with Crippen LogP contribution in [0.3, 0.4) is 0 Å². The van der Waals surface area contributed by atoms with Crippen LogP contribution in [0.4, 0.5) is 0 Å². The van der Waals surface area contributed by atoms with E-state index in [1.54, 1.807) is 38.4 Å². The summed E-state index contributed by atoms with van der Waals surface area (Å²) in [6.07, 6.45) is 1.59. The van der Waals surface area contributed by atoms with E-state index in [-0.39, 0.29) is 12.5 Å². The highest BCUT2D eigenvalue weighted by Gasteiger charge is 2.20. The zero-order valence-electron chi connectivity index (χ0n) is 9.82. The normalized spacial score (nSPS) is 11.7. The van der Waals surface area contributed by atoms with Crippen molar-refractivity contribution in [3.05, 3.63) is 30.1 Å². The number of aromatic nitrogens is 2. The van der Waals surface area contributed by atoms with Crippen molar-refractivity contribution in [1.82, 2.24) is 15.3 Å². The molecule has 0 atom stereocenters. The molecule has 0 radical (unpaired) electrons. The standard InChI is InChI=1S/C12H15N3O2/c1-12(2,6-16)15-11(17)8-3-4-9-10(5-8)14-7-13-9/h3-5,7,16H,6H2,1-2H3,(H,13,14)(H,15,17). The van der Waals surface area contributed by atoms with E-state index in [9.17, 15) is 4.79 Å². The molecule has 90 valence electrons. The molecule has 1 amide bonds. The highest BCUT2D eigenvalue weighted by molar-refractivity contribution is 5.97. The number of fused-ring (bicyclic) bond motifs is 1. The number of nitrogens with one attached hydrogen (secondary N) is 2. The van der Waals surface area contributed by atoms with E-state index in [1.165, 1.54) is 0 Å². The van der Waals surface area contributed by atoms with E-state index in [0.717, 1.165) is 11.0 Å². The molecule has 5 nitrogen and oxygen atoms in total. The minimum atomic E-state index is -0.625. The Balaban J connectivity index is 2.24. The second-order valence-electron chi connectivity index (χ2n) is 4.63. The van der Waals surface area contributed by atoms with Gasteiger partial charge >= 0.3 is 0 Å². The predicted molar refractivity (Wildman–Crippen MR) is 64.7 cm³/mol. The number of benzene rings is 1. The summed E-state index contributed by atoms with van der Waals surface area (Å²) in [4.78, 5) is 19.0. The van der Waals surface area contributed by atoms with E-state index in [4.69, 9.17) is 5.11 Å². The average molecular weight is 233 g/mol. The fourth-order valence-electron chi connectivity index (χ4n) is 1.50. The lowest BCUT2D eigenvalue weighted by atomic mass is 10.1. The topological polar surface area (TPSA) is 78.0 Å². The number of carbonyl (C=O) groups is 1. The van der Waals surface area contributed by atoms with Gasteiger partial charge < -0.3 is 15.4 Å². The Labute approximate surface area is 98.9 Å². The Bertz CT molecular complexity index is 545. The van der Waals surface area contributed by atoms with Crippen LogP contribution in [-0.4, -0.2) is 33.1 Å². The maximum absolute atomic E-state index is 11.9. The summed E-state index contributed by atoms with van der Waals surface area (Å²) in [5, 5.41) is 11.9. The molecule has 2 aromatic rings. The molecule has 0 unspecified atom stereocenters. The number of hydrogen-bond donors (Lipinski definition) is 3. The summed E-state index contributed by atoms with van der Waals surface area (Å²) in [6, 6.07) is 5.24. The van der Waals surface area contributed by atoms with Gasteiger partial charge in [0.2, 0.25) is 0 Å². The fraction of sp³-hybridized carbons (Fsp3) is 0.333. The number of imidazole rings is 1. The number of H-pyrrole nitrogens is 1. The largest absolute Gasteiger partial charge is 0.394 e. The smallest absolute Gasteiger partial charge is 0.251 e. The van der Waals surface area contributed by atoms with Crippen LogP contribution in [0.2, 0.25) is 0 Å². The van der Waals surface area contributed by atoms with Crippen molar-refractivity contribution in [3.8, 4) is 0 Å². The van der Waals surface area contributed by atoms with Crippen molar-refractivity contribution in [2.24, 2.45) is 0 Å². The Morgan fingerprint density at radius 1 is 1.53 bits per heavy atom. The number of aliphatic hydroxyl groups excluding tert-OH is 1. The Hall–Kier alpha value is -1.88. The van der Waals surface area contributed by atoms with Gasteiger partial charge in [0.05, 0.1) is 29.5 Å². The summed E-state index contributed by atoms with van der Waals surface area (Å²) in [7, 11) is 0. The van der Waals surface area contributed by atoms with Crippen LogP contribution in [-0.2, 0) is 0 Å². The lowest BCUT2D eigenvalue weighted by molar-refractivity contribution is 0.0869. The summed E-state index contributed by atoms with van der Waals surface area (Å²) in [5.41, 5.74) is 1.56. The summed E-state index contributed by atoms with van der Waals surface area (Å²) in [5.74, 6) is -0.208. The van der Waals surface area contributed by atoms with Crippen molar-refractivity contribution in [3.63, 3.8) is 0 Å². The van der Waals surface area contributed by atoms with Crippen LogP contribution in [0.25, 0.3) is 11.0 Å². The van der Waals surface area contributed by atoms with Gasteiger partial charge in [-0.3, -0.25) is 4.79 Å². The van der Waals surface area contributed by atoms with Gasteiger partial charge in [0.15, 0.2) is 0 Å². The maximum atomic E-state index is 11.9. The summed E-state index contributed by atoms with van der Waals surface area (Å²) in [6.45, 7) is 3.42. The van der Waals surface area contributed by atoms with Crippen LogP contribution in [0.15, 0.2) is 24.5 Å². The molecule has 0 aliphatic rings. The molecule has 0 aliphatic carbocycles. The SMILES string of the molecule is CC(C)(CO)NC(=O)c1ccc2nc[nH]c2c1. The van der Waals surface area contributed by atoms with Gasteiger partial charge in [-0.2, -0.15) is 0 Å². The van der Waals surface area contributed by atoms with Gasteiger partial charge in [-0.25, -0.2) is 4.98 Å². The van der Waals surface area contributed by atoms with Crippen LogP contribution < -0.4 is 5.32 Å². The average Bonchev–Trinajstić information content (AvgIpc) is 2.75. The molecule has 2 rings (SSSR count). The summed E-state index contributed by atoms with van der Waals surface area (Å²) < 4.78 is 0. The number of hydrogen-bond acceptors (Lipinski definition) is 3. The van der Waals surface area contributed by atoms with Crippen LogP contribution in [0.1, 0.15) is 24.2 Å². The van der Waals surface area contributed by atoms with Crippen molar-refractivity contribution in [2.45, 2.75) is 19.4 Å². The second-order valence-corrected chi connectivity index (χ2v) is 4.63. The Kier molecular flexibility index (Phi) is 2.85. The summed E-state index contributed by atoms with van der Waals surface area (Å²) >= 11 is 0. The van der Waals surface area contributed by atoms with Crippen LogP contribution in [0.5, 0.6) is 0 Å². The predicted octanol–water partition coefficient (Wildman–Crippen LogP) is 1.06. The number of nitrogens with zero attached hydrogens (tertiary/aromatic N) is 1. The third-order valence-corrected chi connectivity index (χ3v) is 2.53. The fourth-order valence-corrected chi connectivity index (χ4v) is 1.50. The van der Waals surface area contributed by atoms with Crippen molar-refractivity contribution in [1.29, 1.82) is 0 Å². The molecule has 0 aliphatic heterocycles. The quantitative estimate of drug-likeness (QED) is 0.741. The lowest BCUT2D eigenvalue weighted by Gasteiger charge is -2.23.